The molecular weight excluding hydrogens is 198 g/mol. The van der Waals surface area contributed by atoms with Gasteiger partial charge in [0, 0.05) is 12.8 Å². The van der Waals surface area contributed by atoms with Gasteiger partial charge in [0.05, 0.1) is 6.20 Å². The third-order valence-electron chi connectivity index (χ3n) is 1.94. The molecule has 82 valence electrons. The van der Waals surface area contributed by atoms with Crippen LogP contribution in [0.1, 0.15) is 25.7 Å². The van der Waals surface area contributed by atoms with Gasteiger partial charge >= 0.3 is 6.09 Å². The number of allylic oxidation sites excluding steroid dienone is 2. The first kappa shape index (κ1) is 11.3. The van der Waals surface area contributed by atoms with Gasteiger partial charge in [-0.2, -0.15) is 0 Å². The molecule has 0 radical (unpaired) electrons. The van der Waals surface area contributed by atoms with Crippen molar-refractivity contribution in [2.45, 2.75) is 25.7 Å². The minimum atomic E-state index is -1.13. The molecule has 0 bridgehead atoms. The van der Waals surface area contributed by atoms with Crippen molar-refractivity contribution in [1.82, 2.24) is 5.06 Å². The Morgan fingerprint density at radius 2 is 2.00 bits per heavy atom. The van der Waals surface area contributed by atoms with E-state index in [-0.39, 0.29) is 0 Å². The van der Waals surface area contributed by atoms with Crippen LogP contribution in [0.25, 0.3) is 0 Å². The molecule has 1 aliphatic carbocycles. The highest BCUT2D eigenvalue weighted by Gasteiger charge is 2.08. The summed E-state index contributed by atoms with van der Waals surface area (Å²) in [6.45, 7) is 0. The van der Waals surface area contributed by atoms with Crippen LogP contribution in [0, 0.1) is 0 Å². The van der Waals surface area contributed by atoms with Gasteiger partial charge < -0.3 is 9.94 Å². The monoisotopic (exact) mass is 211 g/mol. The van der Waals surface area contributed by atoms with Crippen molar-refractivity contribution in [2.75, 3.05) is 0 Å². The van der Waals surface area contributed by atoms with Crippen molar-refractivity contribution >= 4 is 11.9 Å². The largest absolute Gasteiger partial charge is 0.463 e. The molecule has 1 fully saturated rings. The van der Waals surface area contributed by atoms with E-state index < -0.39 is 6.09 Å². The summed E-state index contributed by atoms with van der Waals surface area (Å²) in [5, 5.41) is 8.96. The van der Waals surface area contributed by atoms with Gasteiger partial charge in [0.15, 0.2) is 0 Å². The van der Waals surface area contributed by atoms with Crippen LogP contribution in [0.3, 0.4) is 0 Å². The number of Topliss-reactive ketones (excluding diaryl/α,β-unsaturated/α-hetero) is 1. The first-order valence-electron chi connectivity index (χ1n) is 4.74. The van der Waals surface area contributed by atoms with Crippen molar-refractivity contribution in [2.24, 2.45) is 0 Å². The summed E-state index contributed by atoms with van der Waals surface area (Å²) in [5.74, 6) is 0.454. The Kier molecular flexibility index (Phi) is 4.40. The first-order valence-corrected chi connectivity index (χ1v) is 4.74. The fourth-order valence-electron chi connectivity index (χ4n) is 1.19. The molecule has 15 heavy (non-hydrogen) atoms. The SMILES string of the molecule is O=C(O)N1C=CC=CO1.O=C1CCCC1. The van der Waals surface area contributed by atoms with E-state index in [2.05, 4.69) is 4.84 Å². The summed E-state index contributed by atoms with van der Waals surface area (Å²) in [5.41, 5.74) is 0. The van der Waals surface area contributed by atoms with Gasteiger partial charge in [-0.1, -0.05) is 0 Å². The van der Waals surface area contributed by atoms with Gasteiger partial charge in [-0.05, 0) is 25.0 Å². The molecule has 1 aliphatic heterocycles. The van der Waals surface area contributed by atoms with E-state index >= 15 is 0 Å². The smallest absolute Gasteiger partial charge is 0.445 e. The third-order valence-corrected chi connectivity index (χ3v) is 1.94. The Balaban J connectivity index is 0.000000162. The number of amides is 1. The lowest BCUT2D eigenvalue weighted by molar-refractivity contribution is -0.117. The molecule has 0 aromatic carbocycles. The molecule has 0 atom stereocenters. The third kappa shape index (κ3) is 4.30. The Morgan fingerprint density at radius 3 is 2.27 bits per heavy atom. The van der Waals surface area contributed by atoms with Crippen molar-refractivity contribution in [1.29, 1.82) is 0 Å². The number of ketones is 1. The molecule has 1 saturated carbocycles. The van der Waals surface area contributed by atoms with E-state index in [0.29, 0.717) is 10.8 Å². The molecule has 1 amide bonds. The lowest BCUT2D eigenvalue weighted by atomic mass is 10.4. The molecule has 1 N–H and O–H groups in total. The van der Waals surface area contributed by atoms with Crippen LogP contribution in [0.4, 0.5) is 4.79 Å². The van der Waals surface area contributed by atoms with Crippen LogP contribution in [-0.2, 0) is 9.63 Å². The topological polar surface area (TPSA) is 66.8 Å². The summed E-state index contributed by atoms with van der Waals surface area (Å²) in [4.78, 5) is 24.8. The number of carboxylic acid groups (broad SMARTS) is 1. The van der Waals surface area contributed by atoms with Gasteiger partial charge in [-0.3, -0.25) is 4.79 Å². The molecular formula is C10H13NO4. The summed E-state index contributed by atoms with van der Waals surface area (Å²) in [6, 6.07) is 0. The van der Waals surface area contributed by atoms with Crippen LogP contribution in [0.15, 0.2) is 24.6 Å². The summed E-state index contributed by atoms with van der Waals surface area (Å²) >= 11 is 0. The second kappa shape index (κ2) is 5.85. The zero-order valence-electron chi connectivity index (χ0n) is 8.26. The number of rotatable bonds is 0. The Labute approximate surface area is 87.6 Å². The quantitative estimate of drug-likeness (QED) is 0.666. The highest BCUT2D eigenvalue weighted by Crippen LogP contribution is 2.11. The lowest BCUT2D eigenvalue weighted by Gasteiger charge is -2.12. The van der Waals surface area contributed by atoms with Crippen LogP contribution < -0.4 is 0 Å². The number of carbonyl (C=O) groups is 2. The van der Waals surface area contributed by atoms with Crippen LogP contribution >= 0.6 is 0 Å². The average molecular weight is 211 g/mol. The number of hydrogen-bond acceptors (Lipinski definition) is 3. The Hall–Kier alpha value is -1.78. The van der Waals surface area contributed by atoms with E-state index in [9.17, 15) is 9.59 Å². The average Bonchev–Trinajstić information content (AvgIpc) is 2.71. The van der Waals surface area contributed by atoms with Crippen LogP contribution in [0.2, 0.25) is 0 Å². The predicted octanol–water partition coefficient (Wildman–Crippen LogP) is 2.07. The van der Waals surface area contributed by atoms with E-state index in [4.69, 9.17) is 5.11 Å². The fourth-order valence-corrected chi connectivity index (χ4v) is 1.19. The molecule has 0 unspecified atom stereocenters. The molecule has 2 rings (SSSR count). The van der Waals surface area contributed by atoms with E-state index in [0.717, 1.165) is 25.7 Å². The van der Waals surface area contributed by atoms with E-state index in [1.807, 2.05) is 0 Å². The highest BCUT2D eigenvalue weighted by atomic mass is 16.7. The number of hydrogen-bond donors (Lipinski definition) is 1. The van der Waals surface area contributed by atoms with E-state index in [1.165, 1.54) is 12.5 Å². The second-order valence-electron chi connectivity index (χ2n) is 3.13. The lowest BCUT2D eigenvalue weighted by Crippen LogP contribution is -2.22. The molecule has 0 spiro atoms. The van der Waals surface area contributed by atoms with E-state index in [1.54, 1.807) is 12.2 Å². The number of nitrogens with zero attached hydrogens (tertiary/aromatic N) is 1. The Bertz CT molecular complexity index is 288. The molecule has 2 aliphatic rings. The maximum Gasteiger partial charge on any atom is 0.445 e. The minimum Gasteiger partial charge on any atom is -0.463 e. The van der Waals surface area contributed by atoms with Gasteiger partial charge in [-0.25, -0.2) is 4.79 Å². The summed E-state index contributed by atoms with van der Waals surface area (Å²) in [7, 11) is 0. The maximum absolute atomic E-state index is 10.2. The van der Waals surface area contributed by atoms with Crippen molar-refractivity contribution in [3.05, 3.63) is 24.6 Å². The van der Waals surface area contributed by atoms with Crippen LogP contribution in [-0.4, -0.2) is 22.0 Å². The standard InChI is InChI=1S/C5H5NO3.C5H8O/c7-5(8)6-3-1-2-4-9-6;6-5-3-1-2-4-5/h1-4H,(H,7,8);1-4H2. The molecule has 5 nitrogen and oxygen atoms in total. The molecule has 0 aromatic rings. The van der Waals surface area contributed by atoms with Gasteiger partial charge in [0.25, 0.3) is 0 Å². The predicted molar refractivity (Wildman–Crippen MR) is 52.7 cm³/mol. The van der Waals surface area contributed by atoms with Crippen LogP contribution in [0.5, 0.6) is 0 Å². The first-order chi connectivity index (χ1) is 7.20. The molecule has 5 heteroatoms. The zero-order chi connectivity index (χ0) is 11.1. The maximum atomic E-state index is 10.2. The minimum absolute atomic E-state index is 0.454. The molecule has 0 aromatic heterocycles. The highest BCUT2D eigenvalue weighted by molar-refractivity contribution is 5.80. The van der Waals surface area contributed by atoms with Crippen molar-refractivity contribution in [3.63, 3.8) is 0 Å². The van der Waals surface area contributed by atoms with Crippen molar-refractivity contribution in [3.8, 4) is 0 Å². The van der Waals surface area contributed by atoms with Crippen molar-refractivity contribution < 1.29 is 19.5 Å². The van der Waals surface area contributed by atoms with Gasteiger partial charge in [-0.15, -0.1) is 5.06 Å². The number of hydroxylamine groups is 2. The number of carbonyl (C=O) groups excluding carboxylic acids is 1. The fraction of sp³-hybridized carbons (Fsp3) is 0.400. The second-order valence-corrected chi connectivity index (χ2v) is 3.13. The van der Waals surface area contributed by atoms with Gasteiger partial charge in [0.1, 0.15) is 12.0 Å². The zero-order valence-corrected chi connectivity index (χ0v) is 8.26. The molecule has 0 saturated heterocycles. The van der Waals surface area contributed by atoms with Gasteiger partial charge in [0.2, 0.25) is 0 Å². The normalized spacial score (nSPS) is 18.1. The Morgan fingerprint density at radius 1 is 1.33 bits per heavy atom. The summed E-state index contributed by atoms with van der Waals surface area (Å²) < 4.78 is 0. The molecule has 1 heterocycles. The summed E-state index contributed by atoms with van der Waals surface area (Å²) in [6.07, 6.45) is 8.60.